The van der Waals surface area contributed by atoms with Gasteiger partial charge in [0.2, 0.25) is 0 Å². The summed E-state index contributed by atoms with van der Waals surface area (Å²) in [6.07, 6.45) is 0.143. The second kappa shape index (κ2) is 10.2. The third kappa shape index (κ3) is 5.24. The van der Waals surface area contributed by atoms with E-state index in [1.165, 1.54) is 0 Å². The van der Waals surface area contributed by atoms with E-state index >= 15 is 0 Å². The van der Waals surface area contributed by atoms with Gasteiger partial charge in [0, 0.05) is 47.4 Å². The van der Waals surface area contributed by atoms with E-state index in [0.29, 0.717) is 27.4 Å². The molecule has 1 aliphatic heterocycles. The summed E-state index contributed by atoms with van der Waals surface area (Å²) in [4.78, 5) is 32.3. The summed E-state index contributed by atoms with van der Waals surface area (Å²) >= 11 is 5.90. The molecule has 0 fully saturated rings. The van der Waals surface area contributed by atoms with Gasteiger partial charge >= 0.3 is 0 Å². The van der Waals surface area contributed by atoms with Crippen molar-refractivity contribution in [2.45, 2.75) is 13.8 Å². The molecule has 0 spiro atoms. The molecule has 0 radical (unpaired) electrons. The van der Waals surface area contributed by atoms with E-state index in [0.717, 1.165) is 24.5 Å². The average Bonchev–Trinajstić information content (AvgIpc) is 3.21. The third-order valence-electron chi connectivity index (χ3n) is 5.24. The quantitative estimate of drug-likeness (QED) is 0.518. The summed E-state index contributed by atoms with van der Waals surface area (Å²) in [6.45, 7) is 1.70. The van der Waals surface area contributed by atoms with Crippen LogP contribution in [0.25, 0.3) is 0 Å². The number of hydrogen-bond acceptors (Lipinski definition) is 4. The van der Waals surface area contributed by atoms with Crippen LogP contribution in [0.3, 0.4) is 0 Å². The fraction of sp³-hybridized carbons (Fsp3) is 0.192. The highest BCUT2D eigenvalue weighted by Gasteiger charge is 2.17. The van der Waals surface area contributed by atoms with Crippen LogP contribution in [0.2, 0.25) is 5.02 Å². The first-order valence-corrected chi connectivity index (χ1v) is 10.4. The number of carbonyl (C=O) groups is 2. The minimum atomic E-state index is -0.261. The summed E-state index contributed by atoms with van der Waals surface area (Å²) in [7, 11) is 2.01. The fourth-order valence-electron chi connectivity index (χ4n) is 3.55. The van der Waals surface area contributed by atoms with Crippen LogP contribution in [-0.4, -0.2) is 42.6 Å². The van der Waals surface area contributed by atoms with Gasteiger partial charge in [0.1, 0.15) is 5.84 Å². The largest absolute Gasteiger partial charge is 0.358 e. The summed E-state index contributed by atoms with van der Waals surface area (Å²) in [5, 5.41) is 3.45. The first-order chi connectivity index (χ1) is 15.0. The monoisotopic (exact) mass is 447 g/mol. The Morgan fingerprint density at radius 1 is 1.00 bits per heavy atom. The Balaban J connectivity index is 0.00000289. The van der Waals surface area contributed by atoms with E-state index in [1.807, 2.05) is 43.4 Å². The Morgan fingerprint density at radius 2 is 1.69 bits per heavy atom. The lowest BCUT2D eigenvalue weighted by molar-refractivity contribution is 0.0992. The van der Waals surface area contributed by atoms with Crippen molar-refractivity contribution in [1.29, 1.82) is 0 Å². The maximum atomic E-state index is 12.9. The molecule has 4 rings (SSSR count). The number of halogens is 1. The molecule has 1 N–H and O–H groups in total. The molecular formula is C26H26ClN3O2. The zero-order valence-corrected chi connectivity index (χ0v) is 17.9. The van der Waals surface area contributed by atoms with E-state index in [2.05, 4.69) is 15.2 Å². The number of nitrogens with one attached hydrogen (secondary N) is 1. The smallest absolute Gasteiger partial charge is 0.255 e. The van der Waals surface area contributed by atoms with E-state index in [9.17, 15) is 9.59 Å². The van der Waals surface area contributed by atoms with Crippen LogP contribution < -0.4 is 5.32 Å². The maximum Gasteiger partial charge on any atom is 0.255 e. The van der Waals surface area contributed by atoms with Crippen LogP contribution in [0.5, 0.6) is 0 Å². The van der Waals surface area contributed by atoms with Crippen molar-refractivity contribution in [2.24, 2.45) is 4.99 Å². The maximum absolute atomic E-state index is 12.9. The minimum Gasteiger partial charge on any atom is -0.358 e. The number of hydrogen-bond donors (Lipinski definition) is 1. The van der Waals surface area contributed by atoms with Crippen molar-refractivity contribution in [2.75, 3.05) is 25.5 Å². The second-order valence-electron chi connectivity index (χ2n) is 7.42. The zero-order chi connectivity index (χ0) is 21.8. The molecule has 3 aromatic rings. The molecule has 1 amide bonds. The molecule has 164 valence electrons. The lowest BCUT2D eigenvalue weighted by Gasteiger charge is -2.14. The summed E-state index contributed by atoms with van der Waals surface area (Å²) < 4.78 is 0. The number of benzene rings is 3. The highest BCUT2D eigenvalue weighted by atomic mass is 35.5. The van der Waals surface area contributed by atoms with Gasteiger partial charge in [-0.15, -0.1) is 0 Å². The molecule has 5 nitrogen and oxygen atoms in total. The van der Waals surface area contributed by atoms with Crippen molar-refractivity contribution < 1.29 is 9.59 Å². The number of anilines is 1. The first kappa shape index (κ1) is 23.2. The zero-order valence-electron chi connectivity index (χ0n) is 17.1. The van der Waals surface area contributed by atoms with Gasteiger partial charge in [-0.25, -0.2) is 0 Å². The number of rotatable bonds is 6. The third-order valence-corrected chi connectivity index (χ3v) is 5.49. The molecule has 6 heteroatoms. The van der Waals surface area contributed by atoms with Gasteiger partial charge in [-0.05, 0) is 35.9 Å². The van der Waals surface area contributed by atoms with Gasteiger partial charge < -0.3 is 10.2 Å². The molecule has 0 aliphatic carbocycles. The lowest BCUT2D eigenvalue weighted by atomic mass is 9.97. The van der Waals surface area contributed by atoms with E-state index < -0.39 is 0 Å². The van der Waals surface area contributed by atoms with E-state index in [-0.39, 0.29) is 25.5 Å². The van der Waals surface area contributed by atoms with Crippen LogP contribution in [0.1, 0.15) is 39.3 Å². The number of amides is 1. The molecule has 0 bridgehead atoms. The Kier molecular flexibility index (Phi) is 7.44. The summed E-state index contributed by atoms with van der Waals surface area (Å²) in [6, 6.07) is 21.6. The van der Waals surface area contributed by atoms with Gasteiger partial charge in [-0.1, -0.05) is 61.5 Å². The fourth-order valence-corrected chi connectivity index (χ4v) is 3.68. The Bertz CT molecular complexity index is 1140. The number of ketones is 1. The Hall–Kier alpha value is -3.44. The molecule has 0 saturated heterocycles. The molecule has 0 aromatic heterocycles. The SMILES string of the molecule is C.CN1CCN=C1c1ccc(C(=O)Cc2ccccc2C(=O)Nc2ccc(Cl)cc2)cc1. The average molecular weight is 448 g/mol. The Labute approximate surface area is 193 Å². The van der Waals surface area contributed by atoms with Crippen LogP contribution in [0, 0.1) is 0 Å². The summed E-state index contributed by atoms with van der Waals surface area (Å²) in [5.74, 6) is 0.645. The Morgan fingerprint density at radius 3 is 2.34 bits per heavy atom. The van der Waals surface area contributed by atoms with Crippen LogP contribution >= 0.6 is 11.6 Å². The van der Waals surface area contributed by atoms with Crippen molar-refractivity contribution >= 4 is 34.8 Å². The van der Waals surface area contributed by atoms with Gasteiger partial charge in [-0.2, -0.15) is 0 Å². The van der Waals surface area contributed by atoms with Crippen LogP contribution in [0.15, 0.2) is 77.8 Å². The number of amidine groups is 1. The van der Waals surface area contributed by atoms with Gasteiger partial charge in [0.05, 0.1) is 6.54 Å². The van der Waals surface area contributed by atoms with Crippen molar-refractivity contribution in [3.8, 4) is 0 Å². The number of Topliss-reactive ketones (excluding diaryl/α,β-unsaturated/α-hetero) is 1. The molecule has 1 heterocycles. The minimum absolute atomic E-state index is 0. The topological polar surface area (TPSA) is 61.8 Å². The standard InChI is InChI=1S/C25H22ClN3O2.CH4/c1-29-15-14-27-24(29)18-8-6-17(7-9-18)23(30)16-19-4-2-3-5-22(19)25(31)28-21-12-10-20(26)11-13-21;/h2-13H,14-16H2,1H3,(H,28,31);1H4. The van der Waals surface area contributed by atoms with Crippen molar-refractivity contribution in [3.63, 3.8) is 0 Å². The van der Waals surface area contributed by atoms with Crippen molar-refractivity contribution in [3.05, 3.63) is 100 Å². The molecule has 32 heavy (non-hydrogen) atoms. The van der Waals surface area contributed by atoms with E-state index in [1.54, 1.807) is 36.4 Å². The predicted octanol–water partition coefficient (Wildman–Crippen LogP) is 5.35. The van der Waals surface area contributed by atoms with Crippen LogP contribution in [0.4, 0.5) is 5.69 Å². The number of carbonyl (C=O) groups excluding carboxylic acids is 2. The second-order valence-corrected chi connectivity index (χ2v) is 7.86. The normalized spacial score (nSPS) is 12.7. The molecule has 0 saturated carbocycles. The highest BCUT2D eigenvalue weighted by Crippen LogP contribution is 2.18. The molecule has 3 aromatic carbocycles. The van der Waals surface area contributed by atoms with Gasteiger partial charge in [0.15, 0.2) is 5.78 Å². The summed E-state index contributed by atoms with van der Waals surface area (Å²) in [5.41, 5.74) is 3.41. The lowest BCUT2D eigenvalue weighted by Crippen LogP contribution is -2.23. The predicted molar refractivity (Wildman–Crippen MR) is 131 cm³/mol. The van der Waals surface area contributed by atoms with E-state index in [4.69, 9.17) is 11.6 Å². The molecule has 1 aliphatic rings. The number of likely N-dealkylation sites (N-methyl/N-ethyl adjacent to an activating group) is 1. The number of nitrogens with zero attached hydrogens (tertiary/aromatic N) is 2. The van der Waals surface area contributed by atoms with Gasteiger partial charge in [0.25, 0.3) is 5.91 Å². The van der Waals surface area contributed by atoms with Gasteiger partial charge in [-0.3, -0.25) is 14.6 Å². The molecule has 0 unspecified atom stereocenters. The first-order valence-electron chi connectivity index (χ1n) is 10.1. The van der Waals surface area contributed by atoms with Crippen molar-refractivity contribution in [1.82, 2.24) is 4.90 Å². The highest BCUT2D eigenvalue weighted by molar-refractivity contribution is 6.30. The molecule has 0 atom stereocenters. The van der Waals surface area contributed by atoms with Crippen LogP contribution in [-0.2, 0) is 6.42 Å². The molecular weight excluding hydrogens is 422 g/mol. The number of aliphatic imine (C=N–C) groups is 1.